The molecule has 0 spiro atoms. The van der Waals surface area contributed by atoms with E-state index < -0.39 is 16.6 Å². The number of nitrogens with zero attached hydrogens (tertiary/aromatic N) is 2. The predicted octanol–water partition coefficient (Wildman–Crippen LogP) is 3.22. The van der Waals surface area contributed by atoms with E-state index in [0.717, 1.165) is 31.4 Å². The minimum Gasteiger partial charge on any atom is -0.338 e. The number of nitro groups is 1. The first-order valence-corrected chi connectivity index (χ1v) is 7.35. The summed E-state index contributed by atoms with van der Waals surface area (Å²) in [5.41, 5.74) is -0.477. The average molecular weight is 315 g/mol. The van der Waals surface area contributed by atoms with Gasteiger partial charge in [-0.25, -0.2) is 4.39 Å². The number of benzene rings is 1. The molecule has 5 nitrogen and oxygen atoms in total. The molecule has 1 amide bonds. The monoisotopic (exact) mass is 314 g/mol. The van der Waals surface area contributed by atoms with Crippen LogP contribution in [-0.2, 0) is 0 Å². The number of hydrogen-bond donors (Lipinski definition) is 0. The number of hydrogen-bond acceptors (Lipinski definition) is 3. The van der Waals surface area contributed by atoms with Crippen LogP contribution in [0.1, 0.15) is 29.6 Å². The quantitative estimate of drug-likeness (QED) is 0.487. The van der Waals surface area contributed by atoms with Crippen molar-refractivity contribution in [3.8, 4) is 0 Å². The molecule has 1 atom stereocenters. The molecule has 2 rings (SSSR count). The number of piperidine rings is 1. The third-order valence-corrected chi connectivity index (χ3v) is 3.94. The second-order valence-corrected chi connectivity index (χ2v) is 5.54. The Morgan fingerprint density at radius 1 is 1.52 bits per heavy atom. The van der Waals surface area contributed by atoms with Gasteiger partial charge >= 0.3 is 0 Å². The van der Waals surface area contributed by atoms with Gasteiger partial charge in [-0.15, -0.1) is 11.6 Å². The van der Waals surface area contributed by atoms with E-state index in [9.17, 15) is 19.3 Å². The van der Waals surface area contributed by atoms with Gasteiger partial charge in [0.2, 0.25) is 0 Å². The fourth-order valence-electron chi connectivity index (χ4n) is 2.60. The Bertz CT molecular complexity index is 551. The van der Waals surface area contributed by atoms with Crippen LogP contribution in [0.5, 0.6) is 0 Å². The molecule has 0 aromatic heterocycles. The van der Waals surface area contributed by atoms with Crippen LogP contribution in [0.25, 0.3) is 0 Å². The van der Waals surface area contributed by atoms with Gasteiger partial charge in [-0.2, -0.15) is 0 Å². The van der Waals surface area contributed by atoms with Crippen molar-refractivity contribution in [2.75, 3.05) is 19.0 Å². The molecule has 1 aromatic carbocycles. The molecule has 21 heavy (non-hydrogen) atoms. The molecule has 1 fully saturated rings. The molecule has 114 valence electrons. The SMILES string of the molecule is O=C(c1ccc([N+](=O)[O-])cc1F)N1CCCC(CCCl)C1. The first-order valence-electron chi connectivity index (χ1n) is 6.82. The number of carbonyl (C=O) groups excluding carboxylic acids is 1. The number of non-ortho nitro benzene ring substituents is 1. The smallest absolute Gasteiger partial charge is 0.272 e. The minimum absolute atomic E-state index is 0.118. The number of amides is 1. The molecular weight excluding hydrogens is 299 g/mol. The van der Waals surface area contributed by atoms with E-state index in [0.29, 0.717) is 24.9 Å². The maximum absolute atomic E-state index is 13.9. The molecule has 1 unspecified atom stereocenters. The molecule has 0 radical (unpaired) electrons. The zero-order valence-electron chi connectivity index (χ0n) is 11.4. The number of carbonyl (C=O) groups is 1. The molecule has 0 saturated carbocycles. The molecule has 1 aliphatic rings. The zero-order valence-corrected chi connectivity index (χ0v) is 12.2. The number of likely N-dealkylation sites (tertiary alicyclic amines) is 1. The Morgan fingerprint density at radius 3 is 2.90 bits per heavy atom. The maximum Gasteiger partial charge on any atom is 0.272 e. The Hall–Kier alpha value is -1.69. The summed E-state index contributed by atoms with van der Waals surface area (Å²) in [6.45, 7) is 1.13. The summed E-state index contributed by atoms with van der Waals surface area (Å²) in [6, 6.07) is 3.12. The summed E-state index contributed by atoms with van der Waals surface area (Å²) in [6.07, 6.45) is 2.70. The fraction of sp³-hybridized carbons (Fsp3) is 0.500. The van der Waals surface area contributed by atoms with Gasteiger partial charge in [-0.05, 0) is 31.2 Å². The lowest BCUT2D eigenvalue weighted by molar-refractivity contribution is -0.385. The second kappa shape index (κ2) is 6.85. The largest absolute Gasteiger partial charge is 0.338 e. The van der Waals surface area contributed by atoms with E-state index in [-0.39, 0.29) is 11.3 Å². The highest BCUT2D eigenvalue weighted by Crippen LogP contribution is 2.23. The first kappa shape index (κ1) is 15.7. The molecule has 1 heterocycles. The Morgan fingerprint density at radius 2 is 2.29 bits per heavy atom. The van der Waals surface area contributed by atoms with Crippen LogP contribution < -0.4 is 0 Å². The lowest BCUT2D eigenvalue weighted by Crippen LogP contribution is -2.40. The lowest BCUT2D eigenvalue weighted by Gasteiger charge is -2.32. The van der Waals surface area contributed by atoms with Crippen LogP contribution in [0.4, 0.5) is 10.1 Å². The van der Waals surface area contributed by atoms with Crippen molar-refractivity contribution in [3.05, 3.63) is 39.7 Å². The van der Waals surface area contributed by atoms with Gasteiger partial charge < -0.3 is 4.90 Å². The summed E-state index contributed by atoms with van der Waals surface area (Å²) in [5.74, 6) is -0.393. The summed E-state index contributed by atoms with van der Waals surface area (Å²) < 4.78 is 13.9. The summed E-state index contributed by atoms with van der Waals surface area (Å²) >= 11 is 5.72. The van der Waals surface area contributed by atoms with E-state index in [4.69, 9.17) is 11.6 Å². The van der Waals surface area contributed by atoms with Gasteiger partial charge in [0, 0.05) is 25.0 Å². The van der Waals surface area contributed by atoms with Crippen molar-refractivity contribution >= 4 is 23.2 Å². The molecule has 1 aromatic rings. The predicted molar refractivity (Wildman–Crippen MR) is 77.0 cm³/mol. The molecule has 0 N–H and O–H groups in total. The highest BCUT2D eigenvalue weighted by atomic mass is 35.5. The highest BCUT2D eigenvalue weighted by Gasteiger charge is 2.26. The van der Waals surface area contributed by atoms with Crippen molar-refractivity contribution in [3.63, 3.8) is 0 Å². The highest BCUT2D eigenvalue weighted by molar-refractivity contribution is 6.17. The number of rotatable bonds is 4. The summed E-state index contributed by atoms with van der Waals surface area (Å²) in [4.78, 5) is 23.8. The third kappa shape index (κ3) is 3.69. The topological polar surface area (TPSA) is 63.4 Å². The van der Waals surface area contributed by atoms with Gasteiger partial charge in [-0.3, -0.25) is 14.9 Å². The van der Waals surface area contributed by atoms with E-state index in [1.807, 2.05) is 0 Å². The molecule has 1 aliphatic heterocycles. The van der Waals surface area contributed by atoms with Crippen LogP contribution in [0.2, 0.25) is 0 Å². The van der Waals surface area contributed by atoms with Crippen LogP contribution in [-0.4, -0.2) is 34.7 Å². The Balaban J connectivity index is 2.14. The van der Waals surface area contributed by atoms with Gasteiger partial charge in [-0.1, -0.05) is 0 Å². The number of halogens is 2. The maximum atomic E-state index is 13.9. The number of alkyl halides is 1. The van der Waals surface area contributed by atoms with Crippen LogP contribution in [0.15, 0.2) is 18.2 Å². The minimum atomic E-state index is -0.853. The standard InChI is InChI=1S/C14H16ClFN2O3/c15-6-5-10-2-1-7-17(9-10)14(19)12-4-3-11(18(20)21)8-13(12)16/h3-4,8,10H,1-2,5-7,9H2. The second-order valence-electron chi connectivity index (χ2n) is 5.16. The molecular formula is C14H16ClFN2O3. The van der Waals surface area contributed by atoms with Gasteiger partial charge in [0.05, 0.1) is 16.6 Å². The fourth-order valence-corrected chi connectivity index (χ4v) is 2.91. The third-order valence-electron chi connectivity index (χ3n) is 3.72. The summed E-state index contributed by atoms with van der Waals surface area (Å²) in [7, 11) is 0. The van der Waals surface area contributed by atoms with E-state index in [2.05, 4.69) is 0 Å². The van der Waals surface area contributed by atoms with E-state index in [1.165, 1.54) is 6.07 Å². The van der Waals surface area contributed by atoms with Gasteiger partial charge in [0.15, 0.2) is 0 Å². The van der Waals surface area contributed by atoms with Gasteiger partial charge in [0.1, 0.15) is 5.82 Å². The Kier molecular flexibility index (Phi) is 5.12. The van der Waals surface area contributed by atoms with Crippen molar-refractivity contribution in [1.82, 2.24) is 4.90 Å². The van der Waals surface area contributed by atoms with Crippen LogP contribution in [0, 0.1) is 21.8 Å². The van der Waals surface area contributed by atoms with E-state index in [1.54, 1.807) is 4.90 Å². The molecule has 0 aliphatic carbocycles. The van der Waals surface area contributed by atoms with Gasteiger partial charge in [0.25, 0.3) is 11.6 Å². The van der Waals surface area contributed by atoms with E-state index >= 15 is 0 Å². The van der Waals surface area contributed by atoms with Crippen molar-refractivity contribution in [2.24, 2.45) is 5.92 Å². The molecule has 0 bridgehead atoms. The van der Waals surface area contributed by atoms with Crippen LogP contribution >= 0.6 is 11.6 Å². The number of nitro benzene ring substituents is 1. The molecule has 1 saturated heterocycles. The normalized spacial score (nSPS) is 18.6. The molecule has 7 heteroatoms. The average Bonchev–Trinajstić information content (AvgIpc) is 2.47. The van der Waals surface area contributed by atoms with Crippen molar-refractivity contribution in [1.29, 1.82) is 0 Å². The van der Waals surface area contributed by atoms with Crippen molar-refractivity contribution in [2.45, 2.75) is 19.3 Å². The van der Waals surface area contributed by atoms with Crippen molar-refractivity contribution < 1.29 is 14.1 Å². The lowest BCUT2D eigenvalue weighted by atomic mass is 9.95. The Labute approximate surface area is 126 Å². The first-order chi connectivity index (χ1) is 10.0. The van der Waals surface area contributed by atoms with Crippen LogP contribution in [0.3, 0.4) is 0 Å². The summed E-state index contributed by atoms with van der Waals surface area (Å²) in [5, 5.41) is 10.6. The zero-order chi connectivity index (χ0) is 15.4.